The van der Waals surface area contributed by atoms with E-state index in [1.54, 1.807) is 24.5 Å². The minimum absolute atomic E-state index is 0.257. The first-order valence-corrected chi connectivity index (χ1v) is 5.05. The van der Waals surface area contributed by atoms with Gasteiger partial charge in [-0.05, 0) is 11.6 Å². The normalized spacial score (nSPS) is 9.88. The average molecular weight is 225 g/mol. The first-order chi connectivity index (χ1) is 8.20. The van der Waals surface area contributed by atoms with Crippen LogP contribution in [0.1, 0.15) is 5.56 Å². The number of nitrogens with zero attached hydrogens (tertiary/aromatic N) is 2. The molecule has 0 bridgehead atoms. The molecule has 1 aromatic carbocycles. The van der Waals surface area contributed by atoms with E-state index in [2.05, 4.69) is 16.5 Å². The summed E-state index contributed by atoms with van der Waals surface area (Å²) in [4.78, 5) is 19.5. The molecule has 4 nitrogen and oxygen atoms in total. The summed E-state index contributed by atoms with van der Waals surface area (Å²) in [5, 5.41) is 0. The van der Waals surface area contributed by atoms with Gasteiger partial charge in [0.05, 0.1) is 0 Å². The second-order valence-electron chi connectivity index (χ2n) is 3.46. The van der Waals surface area contributed by atoms with Gasteiger partial charge < -0.3 is 5.73 Å². The van der Waals surface area contributed by atoms with Crippen molar-refractivity contribution < 1.29 is 4.79 Å². The summed E-state index contributed by atoms with van der Waals surface area (Å²) in [5.74, 6) is -0.00104. The van der Waals surface area contributed by atoms with Crippen molar-refractivity contribution in [3.8, 4) is 11.4 Å². The SMILES string of the molecule is C=C(C(N)=O)c1ccccc1-c1ncccn1. The number of carbonyl (C=O) groups excluding carboxylic acids is 1. The Bertz CT molecular complexity index is 564. The van der Waals surface area contributed by atoms with Gasteiger partial charge in [0.2, 0.25) is 5.91 Å². The Kier molecular flexibility index (Phi) is 2.96. The van der Waals surface area contributed by atoms with Crippen molar-refractivity contribution in [1.82, 2.24) is 9.97 Å². The van der Waals surface area contributed by atoms with E-state index in [4.69, 9.17) is 5.73 Å². The highest BCUT2D eigenvalue weighted by Crippen LogP contribution is 2.24. The number of rotatable bonds is 3. The van der Waals surface area contributed by atoms with Gasteiger partial charge in [-0.2, -0.15) is 0 Å². The van der Waals surface area contributed by atoms with Crippen LogP contribution in [0.5, 0.6) is 0 Å². The zero-order valence-electron chi connectivity index (χ0n) is 9.13. The second-order valence-corrected chi connectivity index (χ2v) is 3.46. The molecule has 0 aliphatic carbocycles. The molecule has 1 amide bonds. The highest BCUT2D eigenvalue weighted by atomic mass is 16.1. The maximum atomic E-state index is 11.2. The quantitative estimate of drug-likeness (QED) is 0.807. The van der Waals surface area contributed by atoms with Crippen molar-refractivity contribution in [2.45, 2.75) is 0 Å². The molecular weight excluding hydrogens is 214 g/mol. The van der Waals surface area contributed by atoms with Crippen LogP contribution >= 0.6 is 0 Å². The fourth-order valence-electron chi connectivity index (χ4n) is 1.51. The molecular formula is C13H11N3O. The van der Waals surface area contributed by atoms with Crippen LogP contribution in [0, 0.1) is 0 Å². The Hall–Kier alpha value is -2.49. The van der Waals surface area contributed by atoms with E-state index in [0.29, 0.717) is 11.4 Å². The summed E-state index contributed by atoms with van der Waals surface area (Å²) in [6.45, 7) is 3.68. The maximum absolute atomic E-state index is 11.2. The predicted octanol–water partition coefficient (Wildman–Crippen LogP) is 1.64. The highest BCUT2D eigenvalue weighted by molar-refractivity contribution is 6.19. The largest absolute Gasteiger partial charge is 0.366 e. The molecule has 84 valence electrons. The third-order valence-electron chi connectivity index (χ3n) is 2.36. The Morgan fingerprint density at radius 2 is 1.76 bits per heavy atom. The van der Waals surface area contributed by atoms with Crippen LogP contribution in [0.2, 0.25) is 0 Å². The lowest BCUT2D eigenvalue weighted by atomic mass is 10.00. The molecule has 4 heteroatoms. The van der Waals surface area contributed by atoms with Gasteiger partial charge >= 0.3 is 0 Å². The maximum Gasteiger partial charge on any atom is 0.248 e. The van der Waals surface area contributed by atoms with Crippen molar-refractivity contribution in [3.63, 3.8) is 0 Å². The molecule has 0 fully saturated rings. The molecule has 0 aliphatic rings. The van der Waals surface area contributed by atoms with Gasteiger partial charge in [-0.1, -0.05) is 30.8 Å². The number of nitrogens with two attached hydrogens (primary N) is 1. The molecule has 1 heterocycles. The van der Waals surface area contributed by atoms with E-state index >= 15 is 0 Å². The fraction of sp³-hybridized carbons (Fsp3) is 0. The first-order valence-electron chi connectivity index (χ1n) is 5.05. The minimum Gasteiger partial charge on any atom is -0.366 e. The number of hydrogen-bond donors (Lipinski definition) is 1. The summed E-state index contributed by atoms with van der Waals surface area (Å²) in [6.07, 6.45) is 3.29. The number of amides is 1. The van der Waals surface area contributed by atoms with Gasteiger partial charge in [-0.15, -0.1) is 0 Å². The lowest BCUT2D eigenvalue weighted by Crippen LogP contribution is -2.12. The standard InChI is InChI=1S/C13H11N3O/c1-9(12(14)17)10-5-2-3-6-11(10)13-15-7-4-8-16-13/h2-8H,1H2,(H2,14,17). The second kappa shape index (κ2) is 4.57. The van der Waals surface area contributed by atoms with Gasteiger partial charge in [-0.25, -0.2) is 9.97 Å². The first kappa shape index (κ1) is 11.0. The van der Waals surface area contributed by atoms with Gasteiger partial charge in [0.15, 0.2) is 5.82 Å². The smallest absolute Gasteiger partial charge is 0.248 e. The van der Waals surface area contributed by atoms with Gasteiger partial charge in [-0.3, -0.25) is 4.79 Å². The molecule has 17 heavy (non-hydrogen) atoms. The average Bonchev–Trinajstić information content (AvgIpc) is 2.39. The molecule has 0 aliphatic heterocycles. The van der Waals surface area contributed by atoms with Crippen LogP contribution < -0.4 is 5.73 Å². The highest BCUT2D eigenvalue weighted by Gasteiger charge is 2.12. The fourth-order valence-corrected chi connectivity index (χ4v) is 1.51. The molecule has 0 spiro atoms. The van der Waals surface area contributed by atoms with E-state index in [1.165, 1.54) is 0 Å². The lowest BCUT2D eigenvalue weighted by molar-refractivity contribution is -0.112. The molecule has 2 aromatic rings. The van der Waals surface area contributed by atoms with Crippen molar-refractivity contribution in [1.29, 1.82) is 0 Å². The van der Waals surface area contributed by atoms with Crippen LogP contribution in [0.3, 0.4) is 0 Å². The van der Waals surface area contributed by atoms with Gasteiger partial charge in [0, 0.05) is 23.5 Å². The van der Waals surface area contributed by atoms with Crippen LogP contribution in [0.4, 0.5) is 0 Å². The molecule has 2 N–H and O–H groups in total. The molecule has 2 rings (SSSR count). The van der Waals surface area contributed by atoms with Crippen LogP contribution in [0.25, 0.3) is 17.0 Å². The van der Waals surface area contributed by atoms with Crippen molar-refractivity contribution in [2.75, 3.05) is 0 Å². The number of benzene rings is 1. The minimum atomic E-state index is -0.548. The van der Waals surface area contributed by atoms with Gasteiger partial charge in [0.25, 0.3) is 0 Å². The molecule has 0 radical (unpaired) electrons. The monoisotopic (exact) mass is 225 g/mol. The molecule has 1 aromatic heterocycles. The Morgan fingerprint density at radius 3 is 2.41 bits per heavy atom. The third kappa shape index (κ3) is 2.20. The van der Waals surface area contributed by atoms with Crippen LogP contribution in [0.15, 0.2) is 49.3 Å². The molecule has 0 saturated carbocycles. The van der Waals surface area contributed by atoms with Crippen molar-refractivity contribution in [3.05, 3.63) is 54.9 Å². The summed E-state index contributed by atoms with van der Waals surface area (Å²) in [7, 11) is 0. The van der Waals surface area contributed by atoms with Crippen molar-refractivity contribution >= 4 is 11.5 Å². The Morgan fingerprint density at radius 1 is 1.12 bits per heavy atom. The molecule has 0 saturated heterocycles. The van der Waals surface area contributed by atoms with E-state index in [-0.39, 0.29) is 5.57 Å². The summed E-state index contributed by atoms with van der Waals surface area (Å²) < 4.78 is 0. The van der Waals surface area contributed by atoms with E-state index in [1.807, 2.05) is 18.2 Å². The zero-order valence-corrected chi connectivity index (χ0v) is 9.13. The molecule has 0 unspecified atom stereocenters. The van der Waals surface area contributed by atoms with E-state index in [9.17, 15) is 4.79 Å². The lowest BCUT2D eigenvalue weighted by Gasteiger charge is -2.07. The molecule has 0 atom stereocenters. The van der Waals surface area contributed by atoms with Gasteiger partial charge in [0.1, 0.15) is 0 Å². The van der Waals surface area contributed by atoms with Crippen LogP contribution in [-0.4, -0.2) is 15.9 Å². The Labute approximate surface area is 98.8 Å². The predicted molar refractivity (Wildman–Crippen MR) is 65.7 cm³/mol. The summed E-state index contributed by atoms with van der Waals surface area (Å²) in [5.41, 5.74) is 6.90. The third-order valence-corrected chi connectivity index (χ3v) is 2.36. The summed E-state index contributed by atoms with van der Waals surface area (Å²) >= 11 is 0. The number of primary amides is 1. The number of hydrogen-bond acceptors (Lipinski definition) is 3. The zero-order chi connectivity index (χ0) is 12.3. The van der Waals surface area contributed by atoms with Crippen molar-refractivity contribution in [2.24, 2.45) is 5.73 Å². The topological polar surface area (TPSA) is 68.9 Å². The number of aromatic nitrogens is 2. The van der Waals surface area contributed by atoms with Crippen LogP contribution in [-0.2, 0) is 4.79 Å². The van der Waals surface area contributed by atoms with E-state index in [0.717, 1.165) is 5.56 Å². The summed E-state index contributed by atoms with van der Waals surface area (Å²) in [6, 6.07) is 9.01. The number of carbonyl (C=O) groups is 1. The Balaban J connectivity index is 2.56. The van der Waals surface area contributed by atoms with E-state index < -0.39 is 5.91 Å².